The topological polar surface area (TPSA) is 119 Å². The molecule has 1 aromatic rings. The van der Waals surface area contributed by atoms with Crippen LogP contribution in [0.2, 0.25) is 0 Å². The van der Waals surface area contributed by atoms with Gasteiger partial charge in [0, 0.05) is 43.6 Å². The molecule has 1 saturated carbocycles. The molecule has 0 aromatic heterocycles. The van der Waals surface area contributed by atoms with Crippen molar-refractivity contribution in [3.8, 4) is 11.8 Å². The lowest BCUT2D eigenvalue weighted by Crippen LogP contribution is -2.75. The van der Waals surface area contributed by atoms with Gasteiger partial charge in [0.2, 0.25) is 5.91 Å². The first kappa shape index (κ1) is 30.2. The fourth-order valence-corrected chi connectivity index (χ4v) is 7.91. The van der Waals surface area contributed by atoms with Crippen LogP contribution in [0.1, 0.15) is 43.2 Å². The predicted molar refractivity (Wildman–Crippen MR) is 159 cm³/mol. The quantitative estimate of drug-likeness (QED) is 0.450. The number of carbonyl (C=O) groups excluding carboxylic acids is 2. The number of fused-ring (bicyclic) bond motifs is 2. The van der Waals surface area contributed by atoms with E-state index in [0.717, 1.165) is 42.7 Å². The number of nitrogens with one attached hydrogen (secondary N) is 2. The van der Waals surface area contributed by atoms with E-state index in [1.807, 2.05) is 12.1 Å². The van der Waals surface area contributed by atoms with E-state index in [1.165, 1.54) is 6.08 Å². The molecular weight excluding hydrogens is 548 g/mol. The standard InChI is InChI=1S/C32H44N6O5/c1-4-27(39)38-16-15-37(18-22(38)11-13-33)30-24-10-12-32(17-21-7-5-9-26(41-3)25(21)20-43-32)29(40)28(24)34-31(35-30)42-19-23-8-6-14-36(23)2/h4-5,7,9,22-24,28,30-31,34-35H,1,6,8,10-12,14-20H2,2-3H3/t22?,23?,24?,28?,30?,31?,32-/m0/s1. The molecule has 2 N–H and O–H groups in total. The third-order valence-corrected chi connectivity index (χ3v) is 10.3. The van der Waals surface area contributed by atoms with E-state index < -0.39 is 18.0 Å². The molecule has 4 fully saturated rings. The summed E-state index contributed by atoms with van der Waals surface area (Å²) in [7, 11) is 3.79. The van der Waals surface area contributed by atoms with Crippen LogP contribution in [0.25, 0.3) is 0 Å². The van der Waals surface area contributed by atoms with Crippen LogP contribution >= 0.6 is 0 Å². The summed E-state index contributed by atoms with van der Waals surface area (Å²) in [5, 5.41) is 16.8. The summed E-state index contributed by atoms with van der Waals surface area (Å²) in [5.74, 6) is 0.690. The first-order chi connectivity index (χ1) is 20.9. The van der Waals surface area contributed by atoms with E-state index >= 15 is 0 Å². The third kappa shape index (κ3) is 5.72. The largest absolute Gasteiger partial charge is 0.496 e. The number of ether oxygens (including phenoxy) is 3. The second-order valence-electron chi connectivity index (χ2n) is 12.6. The summed E-state index contributed by atoms with van der Waals surface area (Å²) in [4.78, 5) is 33.4. The molecule has 4 aliphatic heterocycles. The fraction of sp³-hybridized carbons (Fsp3) is 0.656. The molecule has 0 bridgehead atoms. The normalized spacial score (nSPS) is 34.8. The summed E-state index contributed by atoms with van der Waals surface area (Å²) in [6.07, 6.45) is 5.06. The van der Waals surface area contributed by atoms with Crippen molar-refractivity contribution in [2.24, 2.45) is 5.92 Å². The number of likely N-dealkylation sites (tertiary alicyclic amines) is 1. The van der Waals surface area contributed by atoms with Crippen molar-refractivity contribution in [2.75, 3.05) is 46.9 Å². The molecule has 0 radical (unpaired) electrons. The number of hydrogen-bond acceptors (Lipinski definition) is 10. The van der Waals surface area contributed by atoms with Crippen molar-refractivity contribution >= 4 is 11.7 Å². The minimum Gasteiger partial charge on any atom is -0.496 e. The molecule has 43 heavy (non-hydrogen) atoms. The zero-order chi connectivity index (χ0) is 30.1. The summed E-state index contributed by atoms with van der Waals surface area (Å²) >= 11 is 0. The molecule has 4 heterocycles. The van der Waals surface area contributed by atoms with Gasteiger partial charge < -0.3 is 24.0 Å². The Bertz CT molecular complexity index is 1270. The number of hydrogen-bond donors (Lipinski definition) is 2. The molecule has 232 valence electrons. The van der Waals surface area contributed by atoms with Gasteiger partial charge in [-0.15, -0.1) is 0 Å². The van der Waals surface area contributed by atoms with Crippen molar-refractivity contribution in [1.29, 1.82) is 5.26 Å². The average molecular weight is 593 g/mol. The summed E-state index contributed by atoms with van der Waals surface area (Å²) < 4.78 is 18.5. The van der Waals surface area contributed by atoms with Crippen molar-refractivity contribution in [1.82, 2.24) is 25.3 Å². The molecule has 11 nitrogen and oxygen atoms in total. The molecule has 6 unspecified atom stereocenters. The van der Waals surface area contributed by atoms with Crippen LogP contribution < -0.4 is 15.4 Å². The van der Waals surface area contributed by atoms with Crippen LogP contribution in [0.3, 0.4) is 0 Å². The number of methoxy groups -OCH3 is 1. The fourth-order valence-electron chi connectivity index (χ4n) is 7.91. The molecule has 1 aliphatic carbocycles. The Balaban J connectivity index is 1.25. The van der Waals surface area contributed by atoms with Crippen molar-refractivity contribution in [3.63, 3.8) is 0 Å². The van der Waals surface area contributed by atoms with Gasteiger partial charge >= 0.3 is 0 Å². The number of ketones is 1. The monoisotopic (exact) mass is 592 g/mol. The van der Waals surface area contributed by atoms with Gasteiger partial charge in [-0.05, 0) is 57.0 Å². The molecule has 1 amide bonds. The van der Waals surface area contributed by atoms with E-state index in [2.05, 4.69) is 46.2 Å². The third-order valence-electron chi connectivity index (χ3n) is 10.3. The Morgan fingerprint density at radius 1 is 1.26 bits per heavy atom. The van der Waals surface area contributed by atoms with E-state index in [9.17, 15) is 14.9 Å². The molecule has 7 atom stereocenters. The highest BCUT2D eigenvalue weighted by Crippen LogP contribution is 2.43. The smallest absolute Gasteiger partial charge is 0.246 e. The minimum atomic E-state index is -0.899. The summed E-state index contributed by atoms with van der Waals surface area (Å²) in [6.45, 7) is 7.28. The molecular formula is C32H44N6O5. The predicted octanol–water partition coefficient (Wildman–Crippen LogP) is 1.38. The van der Waals surface area contributed by atoms with E-state index in [0.29, 0.717) is 51.7 Å². The number of nitriles is 1. The average Bonchev–Trinajstić information content (AvgIpc) is 3.45. The Labute approximate surface area is 254 Å². The SMILES string of the molecule is C=CC(=O)N1CCN(C2NC(OCC3CCCN3C)NC3C(=O)[C@]4(CCC32)Cc2cccc(OC)c2CO4)CC1CC#N. The highest BCUT2D eigenvalue weighted by Gasteiger charge is 2.56. The first-order valence-corrected chi connectivity index (χ1v) is 15.6. The minimum absolute atomic E-state index is 0.0215. The Kier molecular flexibility index (Phi) is 8.87. The van der Waals surface area contributed by atoms with E-state index in [1.54, 1.807) is 12.0 Å². The second kappa shape index (κ2) is 12.6. The molecule has 1 spiro atoms. The molecule has 5 aliphatic rings. The molecule has 3 saturated heterocycles. The Hall–Kier alpha value is -2.85. The van der Waals surface area contributed by atoms with Crippen LogP contribution in [-0.4, -0.2) is 110 Å². The van der Waals surface area contributed by atoms with Crippen LogP contribution in [-0.2, 0) is 32.1 Å². The van der Waals surface area contributed by atoms with E-state index in [4.69, 9.17) is 14.2 Å². The van der Waals surface area contributed by atoms with Gasteiger partial charge in [-0.25, -0.2) is 0 Å². The number of piperazine rings is 1. The lowest BCUT2D eigenvalue weighted by molar-refractivity contribution is -0.174. The summed E-state index contributed by atoms with van der Waals surface area (Å²) in [5.41, 5.74) is 1.21. The van der Waals surface area contributed by atoms with Gasteiger partial charge in [0.15, 0.2) is 12.1 Å². The second-order valence-corrected chi connectivity index (χ2v) is 12.6. The lowest BCUT2D eigenvalue weighted by Gasteiger charge is -2.55. The van der Waals surface area contributed by atoms with Crippen LogP contribution in [0, 0.1) is 17.2 Å². The number of amides is 1. The van der Waals surface area contributed by atoms with Gasteiger partial charge in [-0.3, -0.25) is 25.1 Å². The number of likely N-dealkylation sites (N-methyl/N-ethyl adjacent to an activating group) is 1. The van der Waals surface area contributed by atoms with Gasteiger partial charge in [0.25, 0.3) is 0 Å². The van der Waals surface area contributed by atoms with Gasteiger partial charge in [0.1, 0.15) is 11.4 Å². The van der Waals surface area contributed by atoms with Gasteiger partial charge in [-0.2, -0.15) is 5.26 Å². The maximum absolute atomic E-state index is 14.5. The maximum atomic E-state index is 14.5. The molecule has 6 rings (SSSR count). The Morgan fingerprint density at radius 2 is 2.12 bits per heavy atom. The maximum Gasteiger partial charge on any atom is 0.246 e. The van der Waals surface area contributed by atoms with Crippen LogP contribution in [0.4, 0.5) is 0 Å². The number of nitrogens with zero attached hydrogens (tertiary/aromatic N) is 4. The van der Waals surface area contributed by atoms with Gasteiger partial charge in [-0.1, -0.05) is 18.7 Å². The van der Waals surface area contributed by atoms with Crippen LogP contribution in [0.15, 0.2) is 30.9 Å². The van der Waals surface area contributed by atoms with Gasteiger partial charge in [0.05, 0.1) is 51.1 Å². The van der Waals surface area contributed by atoms with Crippen molar-refractivity contribution in [2.45, 2.75) is 81.4 Å². The number of rotatable bonds is 7. The number of carbonyl (C=O) groups is 2. The zero-order valence-electron chi connectivity index (χ0n) is 25.3. The number of benzene rings is 1. The van der Waals surface area contributed by atoms with Crippen molar-refractivity contribution < 1.29 is 23.8 Å². The summed E-state index contributed by atoms with van der Waals surface area (Å²) in [6, 6.07) is 7.88. The lowest BCUT2D eigenvalue weighted by atomic mass is 9.68. The van der Waals surface area contributed by atoms with Crippen molar-refractivity contribution in [3.05, 3.63) is 42.0 Å². The zero-order valence-corrected chi connectivity index (χ0v) is 25.3. The van der Waals surface area contributed by atoms with Crippen LogP contribution in [0.5, 0.6) is 5.75 Å². The Morgan fingerprint density at radius 3 is 2.86 bits per heavy atom. The highest BCUT2D eigenvalue weighted by atomic mass is 16.5. The first-order valence-electron chi connectivity index (χ1n) is 15.6. The molecule has 11 heteroatoms. The highest BCUT2D eigenvalue weighted by molar-refractivity contribution is 5.94. The molecule has 1 aromatic carbocycles. The number of Topliss-reactive ketones (excluding diaryl/α,β-unsaturated/α-hetero) is 1. The van der Waals surface area contributed by atoms with E-state index in [-0.39, 0.29) is 36.2 Å².